The third-order valence-electron chi connectivity index (χ3n) is 3.01. The number of para-hydroxylation sites is 1. The fourth-order valence-electron chi connectivity index (χ4n) is 2.20. The van der Waals surface area contributed by atoms with Crippen molar-refractivity contribution in [2.45, 2.75) is 0 Å². The molecule has 0 fully saturated rings. The fourth-order valence-corrected chi connectivity index (χ4v) is 2.20. The van der Waals surface area contributed by atoms with Crippen LogP contribution in [0.25, 0.3) is 22.3 Å². The first kappa shape index (κ1) is 9.47. The number of benzene rings is 1. The molecule has 1 aromatic carbocycles. The van der Waals surface area contributed by atoms with Gasteiger partial charge in [-0.05, 0) is 18.2 Å². The molecule has 88 valence electrons. The second kappa shape index (κ2) is 3.46. The molecule has 0 saturated heterocycles. The van der Waals surface area contributed by atoms with Gasteiger partial charge in [-0.15, -0.1) is 0 Å². The number of fused-ring (bicyclic) bond motifs is 2. The molecule has 1 aliphatic heterocycles. The first-order chi connectivity index (χ1) is 8.93. The molecule has 0 unspecified atom stereocenters. The number of hydrogen-bond acceptors (Lipinski definition) is 4. The van der Waals surface area contributed by atoms with Crippen LogP contribution >= 0.6 is 0 Å². The van der Waals surface area contributed by atoms with Crippen molar-refractivity contribution in [2.24, 2.45) is 0 Å². The number of ether oxygens (including phenoxy) is 2. The maximum Gasteiger partial charge on any atom is 0.231 e. The lowest BCUT2D eigenvalue weighted by Gasteiger charge is -2.05. The largest absolute Gasteiger partial charge is 0.454 e. The summed E-state index contributed by atoms with van der Waals surface area (Å²) in [7, 11) is 0. The van der Waals surface area contributed by atoms with Gasteiger partial charge in [0.2, 0.25) is 6.79 Å². The van der Waals surface area contributed by atoms with E-state index in [0.717, 1.165) is 33.8 Å². The molecule has 4 rings (SSSR count). The van der Waals surface area contributed by atoms with E-state index in [9.17, 15) is 0 Å². The van der Waals surface area contributed by atoms with Gasteiger partial charge in [-0.3, -0.25) is 0 Å². The van der Waals surface area contributed by atoms with E-state index in [0.29, 0.717) is 0 Å². The molecular formula is C13H9N3O2. The highest BCUT2D eigenvalue weighted by Crippen LogP contribution is 2.41. The zero-order valence-electron chi connectivity index (χ0n) is 9.38. The van der Waals surface area contributed by atoms with Crippen molar-refractivity contribution in [2.75, 3.05) is 6.79 Å². The van der Waals surface area contributed by atoms with E-state index < -0.39 is 0 Å². The van der Waals surface area contributed by atoms with Crippen LogP contribution in [0, 0.1) is 0 Å². The van der Waals surface area contributed by atoms with Gasteiger partial charge in [0.25, 0.3) is 0 Å². The van der Waals surface area contributed by atoms with Crippen molar-refractivity contribution in [1.29, 1.82) is 0 Å². The predicted octanol–water partition coefficient (Wildman–Crippen LogP) is 2.35. The summed E-state index contributed by atoms with van der Waals surface area (Å²) in [5.41, 5.74) is 2.59. The first-order valence-electron chi connectivity index (χ1n) is 5.60. The number of aromatic nitrogens is 3. The highest BCUT2D eigenvalue weighted by molar-refractivity contribution is 5.92. The molecule has 5 heteroatoms. The Morgan fingerprint density at radius 1 is 1.11 bits per heavy atom. The number of nitrogens with zero attached hydrogens (tertiary/aromatic N) is 2. The monoisotopic (exact) mass is 239 g/mol. The van der Waals surface area contributed by atoms with E-state index in [1.807, 2.05) is 30.5 Å². The number of nitrogens with one attached hydrogen (secondary N) is 1. The van der Waals surface area contributed by atoms with Crippen LogP contribution < -0.4 is 9.47 Å². The molecule has 0 aliphatic carbocycles. The fraction of sp³-hybridized carbons (Fsp3) is 0.0769. The summed E-state index contributed by atoms with van der Waals surface area (Å²) in [4.78, 5) is 11.6. The molecule has 0 spiro atoms. The average Bonchev–Trinajstić information content (AvgIpc) is 3.06. The smallest absolute Gasteiger partial charge is 0.231 e. The van der Waals surface area contributed by atoms with Gasteiger partial charge >= 0.3 is 0 Å². The molecule has 18 heavy (non-hydrogen) atoms. The second-order valence-corrected chi connectivity index (χ2v) is 4.00. The number of hydrogen-bond donors (Lipinski definition) is 1. The van der Waals surface area contributed by atoms with Crippen LogP contribution in [0.3, 0.4) is 0 Å². The minimum Gasteiger partial charge on any atom is -0.454 e. The Hall–Kier alpha value is -2.56. The van der Waals surface area contributed by atoms with Gasteiger partial charge in [0, 0.05) is 17.1 Å². The van der Waals surface area contributed by atoms with Gasteiger partial charge < -0.3 is 14.5 Å². The molecule has 1 aliphatic rings. The maximum atomic E-state index is 5.52. The summed E-state index contributed by atoms with van der Waals surface area (Å²) < 4.78 is 10.9. The summed E-state index contributed by atoms with van der Waals surface area (Å²) >= 11 is 0. The van der Waals surface area contributed by atoms with E-state index in [4.69, 9.17) is 9.47 Å². The SMILES string of the molecule is c1cc2c(c(-c3ncnc4[nH]ccc34)c1)OCO2. The summed E-state index contributed by atoms with van der Waals surface area (Å²) in [6.45, 7) is 0.258. The Bertz CT molecular complexity index is 736. The zero-order chi connectivity index (χ0) is 11.9. The van der Waals surface area contributed by atoms with Crippen LogP contribution in [0.15, 0.2) is 36.8 Å². The van der Waals surface area contributed by atoms with Crippen molar-refractivity contribution in [3.63, 3.8) is 0 Å². The van der Waals surface area contributed by atoms with E-state index in [1.165, 1.54) is 0 Å². The molecule has 0 radical (unpaired) electrons. The van der Waals surface area contributed by atoms with Crippen molar-refractivity contribution in [3.05, 3.63) is 36.8 Å². The van der Waals surface area contributed by atoms with Crippen LogP contribution in [0.2, 0.25) is 0 Å². The average molecular weight is 239 g/mol. The third-order valence-corrected chi connectivity index (χ3v) is 3.01. The Balaban J connectivity index is 2.03. The summed E-state index contributed by atoms with van der Waals surface area (Å²) in [5.74, 6) is 1.51. The molecule has 0 bridgehead atoms. The van der Waals surface area contributed by atoms with E-state index in [2.05, 4.69) is 15.0 Å². The summed E-state index contributed by atoms with van der Waals surface area (Å²) in [5, 5.41) is 0.974. The molecule has 3 heterocycles. The molecule has 0 saturated carbocycles. The Morgan fingerprint density at radius 2 is 2.11 bits per heavy atom. The van der Waals surface area contributed by atoms with Crippen LogP contribution in [0.5, 0.6) is 11.5 Å². The standard InChI is InChI=1S/C13H9N3O2/c1-2-8(12-10(3-1)17-7-18-12)11-9-4-5-14-13(9)16-6-15-11/h1-6H,7H2,(H,14,15,16). The van der Waals surface area contributed by atoms with Gasteiger partial charge in [-0.1, -0.05) is 6.07 Å². The molecular weight excluding hydrogens is 230 g/mol. The quantitative estimate of drug-likeness (QED) is 0.708. The lowest BCUT2D eigenvalue weighted by Crippen LogP contribution is -1.94. The topological polar surface area (TPSA) is 60.0 Å². The normalized spacial score (nSPS) is 13.1. The van der Waals surface area contributed by atoms with Crippen molar-refractivity contribution in [3.8, 4) is 22.8 Å². The highest BCUT2D eigenvalue weighted by atomic mass is 16.7. The minimum absolute atomic E-state index is 0.258. The van der Waals surface area contributed by atoms with Crippen molar-refractivity contribution >= 4 is 11.0 Å². The van der Waals surface area contributed by atoms with E-state index >= 15 is 0 Å². The van der Waals surface area contributed by atoms with Crippen LogP contribution in [-0.4, -0.2) is 21.7 Å². The molecule has 3 aromatic rings. The Labute approximate surface area is 102 Å². The molecule has 0 amide bonds. The zero-order valence-corrected chi connectivity index (χ0v) is 9.38. The molecule has 1 N–H and O–H groups in total. The minimum atomic E-state index is 0.258. The Kier molecular flexibility index (Phi) is 1.82. The van der Waals surface area contributed by atoms with E-state index in [1.54, 1.807) is 6.33 Å². The Morgan fingerprint density at radius 3 is 3.11 bits per heavy atom. The highest BCUT2D eigenvalue weighted by Gasteiger charge is 2.20. The van der Waals surface area contributed by atoms with Gasteiger partial charge in [0.05, 0.1) is 5.69 Å². The molecule has 0 atom stereocenters. The molecule has 5 nitrogen and oxygen atoms in total. The van der Waals surface area contributed by atoms with Crippen LogP contribution in [0.4, 0.5) is 0 Å². The maximum absolute atomic E-state index is 5.52. The number of rotatable bonds is 1. The van der Waals surface area contributed by atoms with Gasteiger partial charge in [0.1, 0.15) is 12.0 Å². The third kappa shape index (κ3) is 1.21. The van der Waals surface area contributed by atoms with Crippen molar-refractivity contribution in [1.82, 2.24) is 15.0 Å². The predicted molar refractivity (Wildman–Crippen MR) is 65.4 cm³/mol. The first-order valence-corrected chi connectivity index (χ1v) is 5.60. The van der Waals surface area contributed by atoms with Gasteiger partial charge in [-0.2, -0.15) is 0 Å². The second-order valence-electron chi connectivity index (χ2n) is 4.00. The van der Waals surface area contributed by atoms with Gasteiger partial charge in [0.15, 0.2) is 11.5 Å². The summed E-state index contributed by atoms with van der Waals surface area (Å²) in [6.07, 6.45) is 3.40. The summed E-state index contributed by atoms with van der Waals surface area (Å²) in [6, 6.07) is 7.76. The van der Waals surface area contributed by atoms with Crippen molar-refractivity contribution < 1.29 is 9.47 Å². The number of aromatic amines is 1. The van der Waals surface area contributed by atoms with Crippen LogP contribution in [0.1, 0.15) is 0 Å². The van der Waals surface area contributed by atoms with E-state index in [-0.39, 0.29) is 6.79 Å². The van der Waals surface area contributed by atoms with Crippen LogP contribution in [-0.2, 0) is 0 Å². The molecule has 2 aromatic heterocycles. The lowest BCUT2D eigenvalue weighted by molar-refractivity contribution is 0.174. The lowest BCUT2D eigenvalue weighted by atomic mass is 10.1. The van der Waals surface area contributed by atoms with Gasteiger partial charge in [-0.25, -0.2) is 9.97 Å². The number of H-pyrrole nitrogens is 1.